The molecule has 3 unspecified atom stereocenters. The molecule has 1 aliphatic rings. The predicted octanol–water partition coefficient (Wildman–Crippen LogP) is 4.60. The molecule has 1 aromatic carbocycles. The zero-order chi connectivity index (χ0) is 15.2. The molecular weight excluding hydrogens is 264 g/mol. The summed E-state index contributed by atoms with van der Waals surface area (Å²) in [5.74, 6) is 0.691. The molecule has 1 saturated carbocycles. The Balaban J connectivity index is 2.14. The largest absolute Gasteiger partial charge is 0.307 e. The SMILES string of the molecule is CCCC(NC1CCCCC1C)c1cccc([N+](=O)[O-])c1. The van der Waals surface area contributed by atoms with Gasteiger partial charge in [0.1, 0.15) is 0 Å². The molecule has 21 heavy (non-hydrogen) atoms. The molecule has 2 rings (SSSR count). The summed E-state index contributed by atoms with van der Waals surface area (Å²) in [4.78, 5) is 10.7. The third-order valence-corrected chi connectivity index (χ3v) is 4.59. The van der Waals surface area contributed by atoms with Gasteiger partial charge in [-0.3, -0.25) is 10.1 Å². The van der Waals surface area contributed by atoms with Gasteiger partial charge in [0, 0.05) is 24.2 Å². The molecule has 1 aliphatic carbocycles. The van der Waals surface area contributed by atoms with Crippen LogP contribution in [0, 0.1) is 16.0 Å². The first-order valence-electron chi connectivity index (χ1n) is 8.12. The second-order valence-electron chi connectivity index (χ2n) is 6.23. The molecule has 0 saturated heterocycles. The van der Waals surface area contributed by atoms with Crippen LogP contribution in [0.1, 0.15) is 64.0 Å². The van der Waals surface area contributed by atoms with Gasteiger partial charge in [0.25, 0.3) is 5.69 Å². The van der Waals surface area contributed by atoms with E-state index in [1.807, 2.05) is 6.07 Å². The van der Waals surface area contributed by atoms with Gasteiger partial charge < -0.3 is 5.32 Å². The number of nitro benzene ring substituents is 1. The lowest BCUT2D eigenvalue weighted by Crippen LogP contribution is -2.39. The summed E-state index contributed by atoms with van der Waals surface area (Å²) < 4.78 is 0. The molecule has 0 aromatic heterocycles. The van der Waals surface area contributed by atoms with Gasteiger partial charge in [0.05, 0.1) is 4.92 Å². The molecule has 0 spiro atoms. The highest BCUT2D eigenvalue weighted by molar-refractivity contribution is 5.35. The van der Waals surface area contributed by atoms with Crippen molar-refractivity contribution in [2.24, 2.45) is 5.92 Å². The minimum atomic E-state index is -0.310. The highest BCUT2D eigenvalue weighted by Crippen LogP contribution is 2.29. The molecule has 0 bridgehead atoms. The Hall–Kier alpha value is -1.42. The van der Waals surface area contributed by atoms with Crippen molar-refractivity contribution in [1.29, 1.82) is 0 Å². The van der Waals surface area contributed by atoms with Gasteiger partial charge >= 0.3 is 0 Å². The maximum atomic E-state index is 11.0. The Labute approximate surface area is 127 Å². The van der Waals surface area contributed by atoms with Crippen molar-refractivity contribution < 1.29 is 4.92 Å². The summed E-state index contributed by atoms with van der Waals surface area (Å²) in [6, 6.07) is 7.85. The molecule has 1 N–H and O–H groups in total. The topological polar surface area (TPSA) is 55.2 Å². The first-order valence-corrected chi connectivity index (χ1v) is 8.12. The summed E-state index contributed by atoms with van der Waals surface area (Å²) >= 11 is 0. The Morgan fingerprint density at radius 3 is 2.81 bits per heavy atom. The second-order valence-corrected chi connectivity index (χ2v) is 6.23. The summed E-state index contributed by atoms with van der Waals surface area (Å²) in [7, 11) is 0. The molecule has 0 amide bonds. The summed E-state index contributed by atoms with van der Waals surface area (Å²) in [6.07, 6.45) is 7.21. The van der Waals surface area contributed by atoms with Crippen molar-refractivity contribution in [3.05, 3.63) is 39.9 Å². The maximum Gasteiger partial charge on any atom is 0.269 e. The van der Waals surface area contributed by atoms with Gasteiger partial charge in [-0.05, 0) is 30.7 Å². The molecule has 1 aromatic rings. The van der Waals surface area contributed by atoms with E-state index in [2.05, 4.69) is 19.2 Å². The van der Waals surface area contributed by atoms with Gasteiger partial charge in [0.2, 0.25) is 0 Å². The average Bonchev–Trinajstić information content (AvgIpc) is 2.49. The number of nitrogens with zero attached hydrogens (tertiary/aromatic N) is 1. The second kappa shape index (κ2) is 7.55. The van der Waals surface area contributed by atoms with Crippen molar-refractivity contribution in [3.8, 4) is 0 Å². The van der Waals surface area contributed by atoms with E-state index in [0.29, 0.717) is 12.0 Å². The highest BCUT2D eigenvalue weighted by Gasteiger charge is 2.24. The van der Waals surface area contributed by atoms with Gasteiger partial charge in [-0.1, -0.05) is 45.2 Å². The van der Waals surface area contributed by atoms with Crippen molar-refractivity contribution in [3.63, 3.8) is 0 Å². The van der Waals surface area contributed by atoms with Crippen LogP contribution >= 0.6 is 0 Å². The van der Waals surface area contributed by atoms with E-state index < -0.39 is 0 Å². The Bertz CT molecular complexity index is 476. The van der Waals surface area contributed by atoms with Crippen LogP contribution in [0.4, 0.5) is 5.69 Å². The van der Waals surface area contributed by atoms with Crippen molar-refractivity contribution in [2.75, 3.05) is 0 Å². The highest BCUT2D eigenvalue weighted by atomic mass is 16.6. The fraction of sp³-hybridized carbons (Fsp3) is 0.647. The number of benzene rings is 1. The summed E-state index contributed by atoms with van der Waals surface area (Å²) in [6.45, 7) is 4.48. The number of nitro groups is 1. The molecule has 4 heteroatoms. The first-order chi connectivity index (χ1) is 10.1. The van der Waals surface area contributed by atoms with Gasteiger partial charge in [0.15, 0.2) is 0 Å². The summed E-state index contributed by atoms with van der Waals surface area (Å²) in [5, 5.41) is 14.7. The van der Waals surface area contributed by atoms with Crippen LogP contribution in [0.25, 0.3) is 0 Å². The lowest BCUT2D eigenvalue weighted by molar-refractivity contribution is -0.384. The summed E-state index contributed by atoms with van der Waals surface area (Å²) in [5.41, 5.74) is 1.23. The smallest absolute Gasteiger partial charge is 0.269 e. The molecule has 0 radical (unpaired) electrons. The number of non-ortho nitro benzene ring substituents is 1. The van der Waals surface area contributed by atoms with Crippen LogP contribution in [0.5, 0.6) is 0 Å². The van der Waals surface area contributed by atoms with Gasteiger partial charge in [-0.25, -0.2) is 0 Å². The van der Waals surface area contributed by atoms with Crippen molar-refractivity contribution in [2.45, 2.75) is 64.5 Å². The monoisotopic (exact) mass is 290 g/mol. The Morgan fingerprint density at radius 2 is 2.14 bits per heavy atom. The standard InChI is InChI=1S/C17H26N2O2/c1-3-7-17(18-16-11-5-4-8-13(16)2)14-9-6-10-15(12-14)19(20)21/h6,9-10,12-13,16-18H,3-5,7-8,11H2,1-2H3. The molecule has 0 aliphatic heterocycles. The maximum absolute atomic E-state index is 11.0. The normalized spacial score (nSPS) is 23.7. The van der Waals surface area contributed by atoms with E-state index in [1.165, 1.54) is 25.7 Å². The van der Waals surface area contributed by atoms with Gasteiger partial charge in [-0.15, -0.1) is 0 Å². The lowest BCUT2D eigenvalue weighted by Gasteiger charge is -2.33. The van der Waals surface area contributed by atoms with E-state index >= 15 is 0 Å². The third kappa shape index (κ3) is 4.27. The molecule has 3 atom stereocenters. The molecule has 1 fully saturated rings. The van der Waals surface area contributed by atoms with E-state index in [4.69, 9.17) is 0 Å². The molecule has 4 nitrogen and oxygen atoms in total. The Kier molecular flexibility index (Phi) is 5.74. The fourth-order valence-corrected chi connectivity index (χ4v) is 3.31. The molecule has 116 valence electrons. The number of hydrogen-bond acceptors (Lipinski definition) is 3. The van der Waals surface area contributed by atoms with Crippen LogP contribution < -0.4 is 5.32 Å². The van der Waals surface area contributed by atoms with E-state index in [-0.39, 0.29) is 16.7 Å². The van der Waals surface area contributed by atoms with Crippen molar-refractivity contribution in [1.82, 2.24) is 5.32 Å². The third-order valence-electron chi connectivity index (χ3n) is 4.59. The number of nitrogens with one attached hydrogen (secondary N) is 1. The van der Waals surface area contributed by atoms with Crippen molar-refractivity contribution >= 4 is 5.69 Å². The zero-order valence-electron chi connectivity index (χ0n) is 13.0. The van der Waals surface area contributed by atoms with Crippen LogP contribution in [0.3, 0.4) is 0 Å². The van der Waals surface area contributed by atoms with E-state index in [0.717, 1.165) is 18.4 Å². The minimum absolute atomic E-state index is 0.187. The molecule has 0 heterocycles. The Morgan fingerprint density at radius 1 is 1.38 bits per heavy atom. The minimum Gasteiger partial charge on any atom is -0.307 e. The number of rotatable bonds is 6. The van der Waals surface area contributed by atoms with Crippen LogP contribution in [0.15, 0.2) is 24.3 Å². The van der Waals surface area contributed by atoms with E-state index in [1.54, 1.807) is 18.2 Å². The van der Waals surface area contributed by atoms with Crippen LogP contribution in [-0.2, 0) is 0 Å². The fourth-order valence-electron chi connectivity index (χ4n) is 3.31. The quantitative estimate of drug-likeness (QED) is 0.615. The van der Waals surface area contributed by atoms with Crippen LogP contribution in [0.2, 0.25) is 0 Å². The zero-order valence-corrected chi connectivity index (χ0v) is 13.0. The van der Waals surface area contributed by atoms with Gasteiger partial charge in [-0.2, -0.15) is 0 Å². The molecular formula is C17H26N2O2. The predicted molar refractivity (Wildman–Crippen MR) is 85.3 cm³/mol. The average molecular weight is 290 g/mol. The number of hydrogen-bond donors (Lipinski definition) is 1. The lowest BCUT2D eigenvalue weighted by atomic mass is 9.85. The van der Waals surface area contributed by atoms with E-state index in [9.17, 15) is 10.1 Å². The first kappa shape index (κ1) is 16.0. The van der Waals surface area contributed by atoms with Crippen LogP contribution in [-0.4, -0.2) is 11.0 Å².